The summed E-state index contributed by atoms with van der Waals surface area (Å²) in [6, 6.07) is 49.7. The molecule has 0 spiro atoms. The van der Waals surface area contributed by atoms with Crippen LogP contribution in [0.25, 0.3) is 0 Å². The number of hydrogen-bond donors (Lipinski definition) is 4. The minimum Gasteiger partial charge on any atom is -0.440 e. The van der Waals surface area contributed by atoms with Crippen LogP contribution in [0, 0.1) is 0 Å². The molecule has 1 aliphatic heterocycles. The fraction of sp³-hybridized carbons (Fsp3) is 0.182. The lowest BCUT2D eigenvalue weighted by atomic mass is 10.1. The predicted molar refractivity (Wildman–Crippen MR) is 240 cm³/mol. The molecule has 6 aromatic rings. The summed E-state index contributed by atoms with van der Waals surface area (Å²) >= 11 is 0. The maximum atomic E-state index is 7.31. The SMILES string of the molecule is NCCc1ccccc1ON1P(Oc2ccccc2CCN)N=P(Oc2ccccc2CCN)(Oc2ccccc2CCN)N(Oc2ccccc2)P1Oc1ccccc1. The molecule has 6 aromatic carbocycles. The highest BCUT2D eigenvalue weighted by atomic mass is 31.3. The third-order valence-electron chi connectivity index (χ3n) is 9.05. The molecule has 60 heavy (non-hydrogen) atoms. The summed E-state index contributed by atoms with van der Waals surface area (Å²) in [7, 11) is -8.52. The first kappa shape index (κ1) is 43.1. The number of nitrogens with two attached hydrogens (primary N) is 4. The molecule has 312 valence electrons. The molecule has 7 rings (SSSR count). The van der Waals surface area contributed by atoms with E-state index in [9.17, 15) is 0 Å². The Hall–Kier alpha value is -5.03. The van der Waals surface area contributed by atoms with E-state index in [1.54, 1.807) is 9.21 Å². The fourth-order valence-electron chi connectivity index (χ4n) is 6.20. The number of rotatable bonds is 20. The van der Waals surface area contributed by atoms with Gasteiger partial charge in [-0.3, -0.25) is 0 Å². The number of para-hydroxylation sites is 6. The van der Waals surface area contributed by atoms with Crippen molar-refractivity contribution in [1.29, 1.82) is 0 Å². The van der Waals surface area contributed by atoms with Crippen molar-refractivity contribution in [2.75, 3.05) is 26.2 Å². The molecule has 16 heteroatoms. The quantitative estimate of drug-likeness (QED) is 0.0536. The molecule has 0 aromatic heterocycles. The summed E-state index contributed by atoms with van der Waals surface area (Å²) < 4.78 is 37.6. The van der Waals surface area contributed by atoms with E-state index in [1.807, 2.05) is 158 Å². The lowest BCUT2D eigenvalue weighted by molar-refractivity contribution is 0.0539. The Balaban J connectivity index is 1.54. The Kier molecular flexibility index (Phi) is 15.4. The lowest BCUT2D eigenvalue weighted by Crippen LogP contribution is -2.37. The van der Waals surface area contributed by atoms with Crippen molar-refractivity contribution in [2.45, 2.75) is 25.7 Å². The topological polar surface area (TPSA) is 178 Å². The summed E-state index contributed by atoms with van der Waals surface area (Å²) in [5.74, 6) is 3.13. The highest BCUT2D eigenvalue weighted by molar-refractivity contribution is 7.78. The summed E-state index contributed by atoms with van der Waals surface area (Å²) in [6.45, 7) is 1.58. The van der Waals surface area contributed by atoms with Gasteiger partial charge < -0.3 is 50.7 Å². The molecular weight excluding hydrogens is 815 g/mol. The van der Waals surface area contributed by atoms with Crippen molar-refractivity contribution in [3.63, 3.8) is 0 Å². The summed E-state index contributed by atoms with van der Waals surface area (Å²) in [5, 5.41) is 0. The molecule has 0 fully saturated rings. The van der Waals surface area contributed by atoms with E-state index in [2.05, 4.69) is 0 Å². The largest absolute Gasteiger partial charge is 0.447 e. The Morgan fingerprint density at radius 3 is 1.33 bits per heavy atom. The van der Waals surface area contributed by atoms with Crippen molar-refractivity contribution in [3.05, 3.63) is 180 Å². The van der Waals surface area contributed by atoms with E-state index in [4.69, 9.17) is 55.2 Å². The van der Waals surface area contributed by atoms with E-state index in [-0.39, 0.29) is 0 Å². The van der Waals surface area contributed by atoms with Gasteiger partial charge in [0.15, 0.2) is 5.75 Å². The van der Waals surface area contributed by atoms with Crippen molar-refractivity contribution in [3.8, 4) is 34.5 Å². The van der Waals surface area contributed by atoms with Crippen molar-refractivity contribution in [2.24, 2.45) is 27.5 Å². The second-order valence-electron chi connectivity index (χ2n) is 13.4. The number of hydrogen-bond acceptors (Lipinski definition) is 13. The Bertz CT molecular complexity index is 2280. The average molecular weight is 866 g/mol. The molecule has 0 saturated carbocycles. The van der Waals surface area contributed by atoms with Crippen LogP contribution < -0.4 is 50.7 Å². The first-order valence-corrected chi connectivity index (χ1v) is 23.6. The molecule has 0 aliphatic carbocycles. The molecular formula is C44H50N7O6P3. The van der Waals surface area contributed by atoms with E-state index in [0.717, 1.165) is 22.3 Å². The van der Waals surface area contributed by atoms with Crippen LogP contribution in [0.2, 0.25) is 0 Å². The van der Waals surface area contributed by atoms with Gasteiger partial charge in [0.05, 0.1) is 0 Å². The number of benzene rings is 6. The van der Waals surface area contributed by atoms with Gasteiger partial charge in [-0.15, -0.1) is 4.52 Å². The van der Waals surface area contributed by atoms with Gasteiger partial charge in [0, 0.05) is 9.21 Å². The summed E-state index contributed by atoms with van der Waals surface area (Å²) in [4.78, 5) is 14.0. The van der Waals surface area contributed by atoms with Gasteiger partial charge in [-0.05, 0) is 123 Å². The van der Waals surface area contributed by atoms with Gasteiger partial charge in [0.2, 0.25) is 0 Å². The van der Waals surface area contributed by atoms with Crippen LogP contribution in [0.3, 0.4) is 0 Å². The van der Waals surface area contributed by atoms with Crippen molar-refractivity contribution < 1.29 is 27.8 Å². The maximum absolute atomic E-state index is 7.31. The minimum absolute atomic E-state index is 0.384. The standard InChI is InChI=1S/C44H50N7O6P3/c45-31-27-35-15-7-11-23-41(35)53-50-58(55-42-24-12-8-16-36(42)28-32-46)49-60(56-43-25-13-9-17-37(43)29-33-47,57-44-26-14-10-18-38(44)30-34-48)51(52-39-19-3-1-4-20-39)59(50)54-40-21-5-2-6-22-40/h1-26H,27-34,45-48H2. The van der Waals surface area contributed by atoms with Crippen LogP contribution in [0.5, 0.6) is 34.5 Å². The molecule has 2 unspecified atom stereocenters. The third kappa shape index (κ3) is 10.6. The monoisotopic (exact) mass is 865 g/mol. The first-order chi connectivity index (χ1) is 29.5. The first-order valence-electron chi connectivity index (χ1n) is 19.7. The Morgan fingerprint density at radius 2 is 0.833 bits per heavy atom. The maximum Gasteiger partial charge on any atom is 0.447 e. The highest BCUT2D eigenvalue weighted by Gasteiger charge is 2.58. The van der Waals surface area contributed by atoms with E-state index in [1.165, 1.54) is 0 Å². The van der Waals surface area contributed by atoms with Crippen LogP contribution in [0.4, 0.5) is 0 Å². The molecule has 0 bridgehead atoms. The van der Waals surface area contributed by atoms with Crippen molar-refractivity contribution >= 4 is 24.6 Å². The summed E-state index contributed by atoms with van der Waals surface area (Å²) in [5.41, 5.74) is 28.0. The summed E-state index contributed by atoms with van der Waals surface area (Å²) in [6.07, 6.45) is 2.17. The molecule has 0 amide bonds. The Labute approximate surface area is 354 Å². The van der Waals surface area contributed by atoms with Gasteiger partial charge in [-0.2, -0.15) is 0 Å². The molecule has 0 saturated heterocycles. The highest BCUT2D eigenvalue weighted by Crippen LogP contribution is 2.78. The Morgan fingerprint density at radius 1 is 0.433 bits per heavy atom. The average Bonchev–Trinajstić information content (AvgIpc) is 3.27. The van der Waals surface area contributed by atoms with E-state index >= 15 is 0 Å². The minimum atomic E-state index is -4.00. The molecule has 0 radical (unpaired) electrons. The smallest absolute Gasteiger partial charge is 0.440 e. The van der Waals surface area contributed by atoms with Gasteiger partial charge in [-0.1, -0.05) is 109 Å². The van der Waals surface area contributed by atoms with Crippen LogP contribution in [0.1, 0.15) is 22.3 Å². The number of nitrogens with zero attached hydrogens (tertiary/aromatic N) is 3. The third-order valence-corrected chi connectivity index (χ3v) is 15.9. The van der Waals surface area contributed by atoms with Crippen LogP contribution in [-0.2, 0) is 25.7 Å². The second kappa shape index (κ2) is 21.5. The van der Waals surface area contributed by atoms with Crippen LogP contribution in [0.15, 0.2) is 162 Å². The molecule has 1 aliphatic rings. The zero-order valence-electron chi connectivity index (χ0n) is 33.1. The zero-order chi connectivity index (χ0) is 41.6. The molecule has 1 heterocycles. The van der Waals surface area contributed by atoms with Gasteiger partial charge in [0.25, 0.3) is 0 Å². The second-order valence-corrected chi connectivity index (χ2v) is 18.9. The van der Waals surface area contributed by atoms with Crippen LogP contribution in [-0.4, -0.2) is 35.4 Å². The molecule has 13 nitrogen and oxygen atoms in total. The van der Waals surface area contributed by atoms with Gasteiger partial charge in [-0.25, -0.2) is 0 Å². The molecule has 2 atom stereocenters. The molecule has 8 N–H and O–H groups in total. The van der Waals surface area contributed by atoms with E-state index < -0.39 is 24.6 Å². The zero-order valence-corrected chi connectivity index (χ0v) is 35.8. The predicted octanol–water partition coefficient (Wildman–Crippen LogP) is 9.31. The lowest BCUT2D eigenvalue weighted by Gasteiger charge is -2.44. The van der Waals surface area contributed by atoms with E-state index in [0.29, 0.717) is 86.4 Å². The van der Waals surface area contributed by atoms with Gasteiger partial charge >= 0.3 is 24.6 Å². The fourth-order valence-corrected chi connectivity index (χ4v) is 13.8. The van der Waals surface area contributed by atoms with Crippen molar-refractivity contribution in [1.82, 2.24) is 9.21 Å². The van der Waals surface area contributed by atoms with Gasteiger partial charge in [0.1, 0.15) is 28.7 Å². The van der Waals surface area contributed by atoms with Crippen LogP contribution >= 0.6 is 24.6 Å². The normalized spacial score (nSPS) is 16.3.